The number of rotatable bonds is 1. The molecule has 0 bridgehead atoms. The third-order valence-electron chi connectivity index (χ3n) is 2.38. The van der Waals surface area contributed by atoms with Crippen molar-refractivity contribution < 1.29 is 4.39 Å². The van der Waals surface area contributed by atoms with E-state index in [2.05, 4.69) is 9.97 Å². The average molecular weight is 271 g/mol. The third kappa shape index (κ3) is 2.40. The van der Waals surface area contributed by atoms with E-state index in [1.807, 2.05) is 0 Å². The molecule has 0 amide bonds. The summed E-state index contributed by atoms with van der Waals surface area (Å²) in [7, 11) is 0. The van der Waals surface area contributed by atoms with Crippen LogP contribution in [0.15, 0.2) is 18.2 Å². The molecule has 0 aliphatic heterocycles. The van der Waals surface area contributed by atoms with Gasteiger partial charge in [-0.3, -0.25) is 0 Å². The topological polar surface area (TPSA) is 25.8 Å². The number of nitrogens with zero attached hydrogens (tertiary/aromatic N) is 2. The molecule has 1 aromatic carbocycles. The van der Waals surface area contributed by atoms with E-state index in [1.165, 1.54) is 18.2 Å². The van der Waals surface area contributed by atoms with Gasteiger partial charge in [-0.15, -0.1) is 0 Å². The van der Waals surface area contributed by atoms with Crippen LogP contribution in [0.25, 0.3) is 11.3 Å². The van der Waals surface area contributed by atoms with Crippen LogP contribution in [0, 0.1) is 19.7 Å². The Balaban J connectivity index is 2.72. The minimum absolute atomic E-state index is 0.354. The fourth-order valence-corrected chi connectivity index (χ4v) is 1.95. The summed E-state index contributed by atoms with van der Waals surface area (Å²) in [5.41, 5.74) is 1.77. The Morgan fingerprint density at radius 2 is 1.82 bits per heavy atom. The predicted octanol–water partition coefficient (Wildman–Crippen LogP) is 4.21. The van der Waals surface area contributed by atoms with Gasteiger partial charge in [0.2, 0.25) is 0 Å². The lowest BCUT2D eigenvalue weighted by atomic mass is 10.1. The zero-order valence-corrected chi connectivity index (χ0v) is 10.8. The van der Waals surface area contributed by atoms with Crippen molar-refractivity contribution in [3.8, 4) is 11.3 Å². The lowest BCUT2D eigenvalue weighted by Gasteiger charge is -2.09. The van der Waals surface area contributed by atoms with Gasteiger partial charge in [-0.25, -0.2) is 14.4 Å². The number of hydrogen-bond acceptors (Lipinski definition) is 2. The molecule has 1 aromatic heterocycles. The van der Waals surface area contributed by atoms with E-state index in [4.69, 9.17) is 23.2 Å². The van der Waals surface area contributed by atoms with Crippen LogP contribution in [0.1, 0.15) is 11.4 Å². The van der Waals surface area contributed by atoms with Crippen LogP contribution in [-0.2, 0) is 0 Å². The van der Waals surface area contributed by atoms with Gasteiger partial charge in [0.25, 0.3) is 0 Å². The van der Waals surface area contributed by atoms with Crippen LogP contribution in [0.3, 0.4) is 0 Å². The van der Waals surface area contributed by atoms with Gasteiger partial charge < -0.3 is 0 Å². The van der Waals surface area contributed by atoms with Crippen molar-refractivity contribution in [3.63, 3.8) is 0 Å². The van der Waals surface area contributed by atoms with E-state index in [9.17, 15) is 4.39 Å². The first-order chi connectivity index (χ1) is 7.99. The highest BCUT2D eigenvalue weighted by atomic mass is 35.5. The van der Waals surface area contributed by atoms with Gasteiger partial charge in [0.05, 0.1) is 10.7 Å². The standard InChI is InChI=1S/C12H9Cl2FN2/c1-6-11(16-7(2)17-12(6)14)9-5-8(15)3-4-10(9)13/h3-5H,1-2H3. The van der Waals surface area contributed by atoms with Crippen molar-refractivity contribution in [1.82, 2.24) is 9.97 Å². The summed E-state index contributed by atoms with van der Waals surface area (Å²) in [6, 6.07) is 4.14. The lowest BCUT2D eigenvalue weighted by Crippen LogP contribution is -1.97. The van der Waals surface area contributed by atoms with Gasteiger partial charge in [-0.2, -0.15) is 0 Å². The molecule has 0 spiro atoms. The van der Waals surface area contributed by atoms with Gasteiger partial charge in [-0.1, -0.05) is 23.2 Å². The Morgan fingerprint density at radius 3 is 2.53 bits per heavy atom. The Labute approximate surface area is 108 Å². The minimum atomic E-state index is -0.365. The number of aromatic nitrogens is 2. The molecule has 17 heavy (non-hydrogen) atoms. The molecular formula is C12H9Cl2FN2. The van der Waals surface area contributed by atoms with Crippen LogP contribution < -0.4 is 0 Å². The molecule has 2 aromatic rings. The summed E-state index contributed by atoms with van der Waals surface area (Å²) in [4.78, 5) is 8.29. The van der Waals surface area contributed by atoms with Crippen LogP contribution in [0.4, 0.5) is 4.39 Å². The molecule has 88 valence electrons. The number of halogens is 3. The summed E-state index contributed by atoms with van der Waals surface area (Å²) in [5.74, 6) is 0.159. The van der Waals surface area contributed by atoms with Crippen molar-refractivity contribution in [2.24, 2.45) is 0 Å². The first kappa shape index (κ1) is 12.3. The fraction of sp³-hybridized carbons (Fsp3) is 0.167. The molecule has 0 aliphatic rings. The van der Waals surface area contributed by atoms with Crippen molar-refractivity contribution in [2.75, 3.05) is 0 Å². The van der Waals surface area contributed by atoms with E-state index < -0.39 is 0 Å². The Hall–Kier alpha value is -1.19. The van der Waals surface area contributed by atoms with Crippen LogP contribution in [0.5, 0.6) is 0 Å². The van der Waals surface area contributed by atoms with E-state index in [0.717, 1.165) is 0 Å². The molecule has 0 atom stereocenters. The molecule has 1 heterocycles. The predicted molar refractivity (Wildman–Crippen MR) is 66.9 cm³/mol. The zero-order chi connectivity index (χ0) is 12.6. The molecule has 0 N–H and O–H groups in total. The van der Waals surface area contributed by atoms with E-state index in [1.54, 1.807) is 13.8 Å². The first-order valence-corrected chi connectivity index (χ1v) is 5.71. The van der Waals surface area contributed by atoms with Gasteiger partial charge >= 0.3 is 0 Å². The Morgan fingerprint density at radius 1 is 1.12 bits per heavy atom. The Bertz CT molecular complexity index is 585. The van der Waals surface area contributed by atoms with Crippen LogP contribution in [-0.4, -0.2) is 9.97 Å². The molecule has 0 aliphatic carbocycles. The van der Waals surface area contributed by atoms with Gasteiger partial charge in [0.1, 0.15) is 16.8 Å². The smallest absolute Gasteiger partial charge is 0.136 e. The van der Waals surface area contributed by atoms with Crippen molar-refractivity contribution in [3.05, 3.63) is 45.6 Å². The fourth-order valence-electron chi connectivity index (χ4n) is 1.54. The normalized spacial score (nSPS) is 10.6. The summed E-state index contributed by atoms with van der Waals surface area (Å²) in [6.07, 6.45) is 0. The second-order valence-corrected chi connectivity index (χ2v) is 4.42. The molecule has 0 radical (unpaired) electrons. The van der Waals surface area contributed by atoms with Crippen molar-refractivity contribution >= 4 is 23.2 Å². The van der Waals surface area contributed by atoms with Crippen molar-refractivity contribution in [2.45, 2.75) is 13.8 Å². The van der Waals surface area contributed by atoms with Crippen LogP contribution >= 0.6 is 23.2 Å². The number of hydrogen-bond donors (Lipinski definition) is 0. The van der Waals surface area contributed by atoms with E-state index in [-0.39, 0.29) is 5.82 Å². The number of benzene rings is 1. The first-order valence-electron chi connectivity index (χ1n) is 4.95. The summed E-state index contributed by atoms with van der Waals surface area (Å²) >= 11 is 12.0. The SMILES string of the molecule is Cc1nc(Cl)c(C)c(-c2cc(F)ccc2Cl)n1. The highest BCUT2D eigenvalue weighted by Crippen LogP contribution is 2.31. The van der Waals surface area contributed by atoms with Gasteiger partial charge in [-0.05, 0) is 32.0 Å². The minimum Gasteiger partial charge on any atom is -0.233 e. The summed E-state index contributed by atoms with van der Waals surface area (Å²) in [6.45, 7) is 3.50. The van der Waals surface area contributed by atoms with Gasteiger partial charge in [0.15, 0.2) is 0 Å². The highest BCUT2D eigenvalue weighted by Gasteiger charge is 2.13. The Kier molecular flexibility index (Phi) is 3.31. The largest absolute Gasteiger partial charge is 0.233 e. The average Bonchev–Trinajstić information content (AvgIpc) is 2.27. The molecule has 0 saturated carbocycles. The molecule has 0 fully saturated rings. The maximum atomic E-state index is 13.2. The molecular weight excluding hydrogens is 262 g/mol. The molecule has 5 heteroatoms. The zero-order valence-electron chi connectivity index (χ0n) is 9.26. The molecule has 0 saturated heterocycles. The highest BCUT2D eigenvalue weighted by molar-refractivity contribution is 6.33. The quantitative estimate of drug-likeness (QED) is 0.726. The second-order valence-electron chi connectivity index (χ2n) is 3.66. The molecule has 2 rings (SSSR count). The van der Waals surface area contributed by atoms with E-state index in [0.29, 0.717) is 32.8 Å². The van der Waals surface area contributed by atoms with Gasteiger partial charge in [0, 0.05) is 11.1 Å². The second kappa shape index (κ2) is 4.59. The lowest BCUT2D eigenvalue weighted by molar-refractivity contribution is 0.628. The third-order valence-corrected chi connectivity index (χ3v) is 3.08. The summed E-state index contributed by atoms with van der Waals surface area (Å²) in [5, 5.41) is 0.788. The maximum Gasteiger partial charge on any atom is 0.136 e. The summed E-state index contributed by atoms with van der Waals surface area (Å²) < 4.78 is 13.2. The van der Waals surface area contributed by atoms with Crippen LogP contribution in [0.2, 0.25) is 10.2 Å². The monoisotopic (exact) mass is 270 g/mol. The number of aryl methyl sites for hydroxylation is 1. The molecule has 2 nitrogen and oxygen atoms in total. The van der Waals surface area contributed by atoms with E-state index >= 15 is 0 Å². The molecule has 0 unspecified atom stereocenters. The van der Waals surface area contributed by atoms with Crippen molar-refractivity contribution in [1.29, 1.82) is 0 Å². The maximum absolute atomic E-state index is 13.2.